The first-order valence-electron chi connectivity index (χ1n) is 7.45. The molecule has 0 saturated carbocycles. The molecule has 0 aliphatic carbocycles. The van der Waals surface area contributed by atoms with E-state index < -0.39 is 10.0 Å². The van der Waals surface area contributed by atoms with E-state index in [4.69, 9.17) is 5.11 Å². The summed E-state index contributed by atoms with van der Waals surface area (Å²) in [6, 6.07) is -0.120. The minimum Gasteiger partial charge on any atom is -0.394 e. The van der Waals surface area contributed by atoms with E-state index in [0.29, 0.717) is 23.9 Å². The Morgan fingerprint density at radius 3 is 2.33 bits per heavy atom. The summed E-state index contributed by atoms with van der Waals surface area (Å²) in [6.07, 6.45) is 1.86. The number of nitrogens with zero attached hydrogens (tertiary/aromatic N) is 2. The van der Waals surface area contributed by atoms with Crippen LogP contribution in [0.15, 0.2) is 4.90 Å². The van der Waals surface area contributed by atoms with E-state index in [1.165, 1.54) is 4.68 Å². The SMILES string of the molecule is CCC(CC)C(C)NS(=O)(=O)c1c(C)nn(CCO)c1C. The van der Waals surface area contributed by atoms with Gasteiger partial charge in [-0.25, -0.2) is 13.1 Å². The molecule has 1 aromatic rings. The van der Waals surface area contributed by atoms with Gasteiger partial charge in [0, 0.05) is 6.04 Å². The molecular formula is C14H27N3O3S. The van der Waals surface area contributed by atoms with Crippen LogP contribution < -0.4 is 4.72 Å². The maximum absolute atomic E-state index is 12.6. The number of aliphatic hydroxyl groups is 1. The smallest absolute Gasteiger partial charge is 0.244 e. The van der Waals surface area contributed by atoms with Gasteiger partial charge in [-0.1, -0.05) is 26.7 Å². The fraction of sp³-hybridized carbons (Fsp3) is 0.786. The predicted molar refractivity (Wildman–Crippen MR) is 82.6 cm³/mol. The molecule has 21 heavy (non-hydrogen) atoms. The first kappa shape index (κ1) is 18.1. The molecule has 1 aromatic heterocycles. The summed E-state index contributed by atoms with van der Waals surface area (Å²) in [5.74, 6) is 0.313. The summed E-state index contributed by atoms with van der Waals surface area (Å²) in [7, 11) is -3.60. The van der Waals surface area contributed by atoms with Crippen molar-refractivity contribution >= 4 is 10.0 Å². The largest absolute Gasteiger partial charge is 0.394 e. The third-order valence-electron chi connectivity index (χ3n) is 3.99. The van der Waals surface area contributed by atoms with Crippen LogP contribution in [0.25, 0.3) is 0 Å². The second-order valence-electron chi connectivity index (χ2n) is 5.43. The average Bonchev–Trinajstić information content (AvgIpc) is 2.66. The summed E-state index contributed by atoms with van der Waals surface area (Å²) >= 11 is 0. The van der Waals surface area contributed by atoms with Gasteiger partial charge in [-0.15, -0.1) is 0 Å². The number of nitrogens with one attached hydrogen (secondary N) is 1. The van der Waals surface area contributed by atoms with Crippen molar-refractivity contribution in [2.45, 2.75) is 64.9 Å². The number of rotatable bonds is 8. The molecule has 7 heteroatoms. The maximum Gasteiger partial charge on any atom is 0.244 e. The molecule has 0 radical (unpaired) electrons. The number of aryl methyl sites for hydroxylation is 1. The number of aromatic nitrogens is 2. The lowest BCUT2D eigenvalue weighted by atomic mass is 9.96. The van der Waals surface area contributed by atoms with Gasteiger partial charge in [0.1, 0.15) is 4.90 Å². The van der Waals surface area contributed by atoms with Crippen molar-refractivity contribution < 1.29 is 13.5 Å². The van der Waals surface area contributed by atoms with Crippen molar-refractivity contribution in [2.24, 2.45) is 5.92 Å². The molecule has 1 heterocycles. The first-order chi connectivity index (χ1) is 9.78. The molecule has 1 rings (SSSR count). The minimum atomic E-state index is -3.60. The van der Waals surface area contributed by atoms with Crippen molar-refractivity contribution in [3.8, 4) is 0 Å². The van der Waals surface area contributed by atoms with Crippen LogP contribution in [-0.4, -0.2) is 36.0 Å². The summed E-state index contributed by atoms with van der Waals surface area (Å²) in [4.78, 5) is 0.230. The highest BCUT2D eigenvalue weighted by Crippen LogP contribution is 2.21. The van der Waals surface area contributed by atoms with Crippen LogP contribution in [0.3, 0.4) is 0 Å². The molecule has 2 N–H and O–H groups in total. The van der Waals surface area contributed by atoms with Crippen LogP contribution in [0.4, 0.5) is 0 Å². The molecule has 0 bridgehead atoms. The van der Waals surface area contributed by atoms with E-state index >= 15 is 0 Å². The van der Waals surface area contributed by atoms with E-state index in [2.05, 4.69) is 23.7 Å². The highest BCUT2D eigenvalue weighted by molar-refractivity contribution is 7.89. The van der Waals surface area contributed by atoms with Crippen LogP contribution in [0.1, 0.15) is 45.0 Å². The fourth-order valence-corrected chi connectivity index (χ4v) is 4.50. The predicted octanol–water partition coefficient (Wildman–Crippen LogP) is 1.60. The first-order valence-corrected chi connectivity index (χ1v) is 8.93. The van der Waals surface area contributed by atoms with E-state index in [1.807, 2.05) is 6.92 Å². The lowest BCUT2D eigenvalue weighted by molar-refractivity contribution is 0.267. The summed E-state index contributed by atoms with van der Waals surface area (Å²) in [6.45, 7) is 9.65. The minimum absolute atomic E-state index is 0.0704. The number of hydrogen-bond donors (Lipinski definition) is 2. The Morgan fingerprint density at radius 1 is 1.29 bits per heavy atom. The molecule has 0 aliphatic rings. The van der Waals surface area contributed by atoms with Crippen molar-refractivity contribution in [1.82, 2.24) is 14.5 Å². The Morgan fingerprint density at radius 2 is 1.86 bits per heavy atom. The highest BCUT2D eigenvalue weighted by atomic mass is 32.2. The molecule has 0 fully saturated rings. The molecule has 0 spiro atoms. The van der Waals surface area contributed by atoms with Crippen LogP contribution >= 0.6 is 0 Å². The van der Waals surface area contributed by atoms with Gasteiger partial charge in [-0.05, 0) is 26.7 Å². The van der Waals surface area contributed by atoms with E-state index in [1.54, 1.807) is 13.8 Å². The lowest BCUT2D eigenvalue weighted by Gasteiger charge is -2.22. The van der Waals surface area contributed by atoms with Crippen LogP contribution in [0.2, 0.25) is 0 Å². The third-order valence-corrected chi connectivity index (χ3v) is 5.80. The molecule has 1 unspecified atom stereocenters. The molecule has 1 atom stereocenters. The zero-order valence-corrected chi connectivity index (χ0v) is 14.4. The van der Waals surface area contributed by atoms with Gasteiger partial charge < -0.3 is 5.11 Å². The Kier molecular flexibility index (Phi) is 6.37. The topological polar surface area (TPSA) is 84.2 Å². The monoisotopic (exact) mass is 317 g/mol. The van der Waals surface area contributed by atoms with Gasteiger partial charge in [0.25, 0.3) is 0 Å². The molecule has 6 nitrogen and oxygen atoms in total. The standard InChI is InChI=1S/C14H27N3O3S/c1-6-13(7-2)10(3)16-21(19,20)14-11(4)15-17(8-9-18)12(14)5/h10,13,16,18H,6-9H2,1-5H3. The van der Waals surface area contributed by atoms with Crippen molar-refractivity contribution in [2.75, 3.05) is 6.61 Å². The van der Waals surface area contributed by atoms with Crippen LogP contribution in [-0.2, 0) is 16.6 Å². The maximum atomic E-state index is 12.6. The van der Waals surface area contributed by atoms with Gasteiger partial charge in [0.05, 0.1) is 24.5 Å². The quantitative estimate of drug-likeness (QED) is 0.762. The van der Waals surface area contributed by atoms with E-state index in [9.17, 15) is 8.42 Å². The number of hydrogen-bond acceptors (Lipinski definition) is 4. The summed E-state index contributed by atoms with van der Waals surface area (Å²) in [5, 5.41) is 13.2. The Balaban J connectivity index is 3.08. The van der Waals surface area contributed by atoms with Crippen molar-refractivity contribution in [3.05, 3.63) is 11.4 Å². The molecular weight excluding hydrogens is 290 g/mol. The normalized spacial score (nSPS) is 13.9. The fourth-order valence-electron chi connectivity index (χ4n) is 2.78. The summed E-state index contributed by atoms with van der Waals surface area (Å²) < 4.78 is 29.5. The van der Waals surface area contributed by atoms with E-state index in [-0.39, 0.29) is 17.5 Å². The second kappa shape index (κ2) is 7.38. The average molecular weight is 317 g/mol. The molecule has 0 saturated heterocycles. The van der Waals surface area contributed by atoms with Gasteiger partial charge in [0.15, 0.2) is 0 Å². The van der Waals surface area contributed by atoms with Gasteiger partial charge in [-0.2, -0.15) is 5.10 Å². The third kappa shape index (κ3) is 4.05. The summed E-state index contributed by atoms with van der Waals surface area (Å²) in [5.41, 5.74) is 1.02. The van der Waals surface area contributed by atoms with Crippen LogP contribution in [0.5, 0.6) is 0 Å². The zero-order valence-electron chi connectivity index (χ0n) is 13.5. The van der Waals surface area contributed by atoms with Crippen LogP contribution in [0, 0.1) is 19.8 Å². The Labute approximate surface area is 127 Å². The molecule has 0 aliphatic heterocycles. The number of aliphatic hydroxyl groups excluding tert-OH is 1. The second-order valence-corrected chi connectivity index (χ2v) is 7.08. The van der Waals surface area contributed by atoms with Gasteiger partial charge >= 0.3 is 0 Å². The van der Waals surface area contributed by atoms with Gasteiger partial charge in [-0.3, -0.25) is 4.68 Å². The molecule has 0 aromatic carbocycles. The van der Waals surface area contributed by atoms with Crippen molar-refractivity contribution in [1.29, 1.82) is 0 Å². The Hall–Kier alpha value is -0.920. The highest BCUT2D eigenvalue weighted by Gasteiger charge is 2.27. The molecule has 122 valence electrons. The Bertz CT molecular complexity index is 562. The number of sulfonamides is 1. The molecule has 0 amide bonds. The van der Waals surface area contributed by atoms with E-state index in [0.717, 1.165) is 12.8 Å². The van der Waals surface area contributed by atoms with Crippen molar-refractivity contribution in [3.63, 3.8) is 0 Å². The van der Waals surface area contributed by atoms with Gasteiger partial charge in [0.2, 0.25) is 10.0 Å². The lowest BCUT2D eigenvalue weighted by Crippen LogP contribution is -2.38. The zero-order chi connectivity index (χ0) is 16.2.